The van der Waals surface area contributed by atoms with E-state index in [9.17, 15) is 14.7 Å². The minimum absolute atomic E-state index is 0.0562. The quantitative estimate of drug-likeness (QED) is 0.798. The molecule has 0 atom stereocenters. The Morgan fingerprint density at radius 2 is 1.52 bits per heavy atom. The summed E-state index contributed by atoms with van der Waals surface area (Å²) < 4.78 is 0. The number of aliphatic hydroxyl groups is 1. The van der Waals surface area contributed by atoms with Crippen LogP contribution in [-0.2, 0) is 9.59 Å². The van der Waals surface area contributed by atoms with E-state index < -0.39 is 0 Å². The largest absolute Gasteiger partial charge is 0.396 e. The van der Waals surface area contributed by atoms with Crippen LogP contribution in [0.15, 0.2) is 41.3 Å². The van der Waals surface area contributed by atoms with E-state index in [1.54, 1.807) is 0 Å². The molecule has 0 aliphatic carbocycles. The van der Waals surface area contributed by atoms with Crippen molar-refractivity contribution in [1.82, 2.24) is 0 Å². The lowest BCUT2D eigenvalue weighted by Gasteiger charge is -2.18. The molecule has 2 amide bonds. The van der Waals surface area contributed by atoms with E-state index in [-0.39, 0.29) is 18.4 Å². The minimum Gasteiger partial charge on any atom is -0.396 e. The van der Waals surface area contributed by atoms with Crippen molar-refractivity contribution in [2.75, 3.05) is 17.3 Å². The highest BCUT2D eigenvalue weighted by Gasteiger charge is 2.41. The highest BCUT2D eigenvalue weighted by molar-refractivity contribution is 8.04. The Bertz CT molecular complexity index is 962. The molecule has 1 aliphatic heterocycles. The Hall–Kier alpha value is -2.37. The number of anilines is 1. The van der Waals surface area contributed by atoms with Crippen LogP contribution in [0.4, 0.5) is 5.69 Å². The summed E-state index contributed by atoms with van der Waals surface area (Å²) in [4.78, 5) is 28.2. The molecule has 0 fully saturated rings. The molecule has 0 saturated carbocycles. The van der Waals surface area contributed by atoms with E-state index in [0.29, 0.717) is 21.9 Å². The Labute approximate surface area is 163 Å². The Morgan fingerprint density at radius 3 is 2.11 bits per heavy atom. The van der Waals surface area contributed by atoms with Crippen LogP contribution in [0.2, 0.25) is 0 Å². The Balaban J connectivity index is 2.14. The van der Waals surface area contributed by atoms with Crippen molar-refractivity contribution in [1.29, 1.82) is 0 Å². The molecule has 0 unspecified atom stereocenters. The molecular formula is C22H23NO3S. The lowest BCUT2D eigenvalue weighted by Crippen LogP contribution is -2.32. The first kappa shape index (κ1) is 19.4. The van der Waals surface area contributed by atoms with Gasteiger partial charge in [0.25, 0.3) is 11.8 Å². The van der Waals surface area contributed by atoms with E-state index in [1.165, 1.54) is 16.7 Å². The van der Waals surface area contributed by atoms with Gasteiger partial charge in [0.1, 0.15) is 0 Å². The molecule has 5 heteroatoms. The zero-order valence-corrected chi connectivity index (χ0v) is 16.8. The lowest BCUT2D eigenvalue weighted by atomic mass is 9.98. The van der Waals surface area contributed by atoms with Crippen molar-refractivity contribution >= 4 is 34.8 Å². The fraction of sp³-hybridized carbons (Fsp3) is 0.273. The van der Waals surface area contributed by atoms with Gasteiger partial charge < -0.3 is 5.11 Å². The first-order valence-corrected chi connectivity index (χ1v) is 9.85. The molecule has 0 aromatic heterocycles. The second-order valence-electron chi connectivity index (χ2n) is 6.83. The van der Waals surface area contributed by atoms with Crippen molar-refractivity contribution in [2.45, 2.75) is 27.7 Å². The van der Waals surface area contributed by atoms with Gasteiger partial charge in [0.05, 0.1) is 22.8 Å². The molecule has 1 heterocycles. The summed E-state index contributed by atoms with van der Waals surface area (Å²) >= 11 is 1.24. The molecule has 27 heavy (non-hydrogen) atoms. The Morgan fingerprint density at radius 1 is 0.889 bits per heavy atom. The molecule has 0 saturated heterocycles. The van der Waals surface area contributed by atoms with Crippen LogP contribution in [0.3, 0.4) is 0 Å². The van der Waals surface area contributed by atoms with Gasteiger partial charge in [0.15, 0.2) is 0 Å². The SMILES string of the molecule is Cc1ccc(C2=C(SCCO)C(=O)N(c3ccc(C)cc3C)C2=O)c(C)c1. The lowest BCUT2D eigenvalue weighted by molar-refractivity contribution is -0.119. The number of imide groups is 1. The maximum Gasteiger partial charge on any atom is 0.272 e. The number of hydrogen-bond acceptors (Lipinski definition) is 4. The number of carbonyl (C=O) groups excluding carboxylic acids is 2. The van der Waals surface area contributed by atoms with Crippen molar-refractivity contribution in [3.05, 3.63) is 69.1 Å². The fourth-order valence-corrected chi connectivity index (χ4v) is 4.25. The summed E-state index contributed by atoms with van der Waals surface area (Å²) in [6.45, 7) is 7.77. The molecule has 2 aromatic carbocycles. The van der Waals surface area contributed by atoms with Crippen molar-refractivity contribution < 1.29 is 14.7 Å². The molecule has 140 valence electrons. The van der Waals surface area contributed by atoms with Gasteiger partial charge in [0.2, 0.25) is 0 Å². The Kier molecular flexibility index (Phi) is 5.53. The van der Waals surface area contributed by atoms with Gasteiger partial charge in [-0.25, -0.2) is 4.90 Å². The second-order valence-corrected chi connectivity index (χ2v) is 7.94. The molecule has 0 radical (unpaired) electrons. The van der Waals surface area contributed by atoms with Crippen molar-refractivity contribution in [2.24, 2.45) is 0 Å². The fourth-order valence-electron chi connectivity index (χ4n) is 3.40. The number of carbonyl (C=O) groups is 2. The van der Waals surface area contributed by atoms with Crippen LogP contribution < -0.4 is 4.90 Å². The van der Waals surface area contributed by atoms with Crippen molar-refractivity contribution in [3.8, 4) is 0 Å². The molecule has 1 aliphatic rings. The monoisotopic (exact) mass is 381 g/mol. The zero-order valence-electron chi connectivity index (χ0n) is 16.0. The number of hydrogen-bond donors (Lipinski definition) is 1. The van der Waals surface area contributed by atoms with Crippen LogP contribution >= 0.6 is 11.8 Å². The molecule has 1 N–H and O–H groups in total. The van der Waals surface area contributed by atoms with Crippen LogP contribution in [0.5, 0.6) is 0 Å². The highest BCUT2D eigenvalue weighted by Crippen LogP contribution is 2.40. The average Bonchev–Trinajstić information content (AvgIpc) is 2.84. The minimum atomic E-state index is -0.319. The summed E-state index contributed by atoms with van der Waals surface area (Å²) in [5, 5.41) is 9.23. The number of benzene rings is 2. The van der Waals surface area contributed by atoms with E-state index in [4.69, 9.17) is 0 Å². The third-order valence-corrected chi connectivity index (χ3v) is 5.68. The van der Waals surface area contributed by atoms with Crippen LogP contribution in [0.1, 0.15) is 27.8 Å². The van der Waals surface area contributed by atoms with Gasteiger partial charge in [-0.2, -0.15) is 0 Å². The standard InChI is InChI=1S/C22H23NO3S/c1-13-5-7-17(15(3)11-13)19-20(27-10-9-24)22(26)23(21(19)25)18-8-6-14(2)12-16(18)4/h5-8,11-12,24H,9-10H2,1-4H3. The number of nitrogens with zero attached hydrogens (tertiary/aromatic N) is 1. The summed E-state index contributed by atoms with van der Waals surface area (Å²) in [5.41, 5.74) is 5.82. The summed E-state index contributed by atoms with van der Waals surface area (Å²) in [5.74, 6) is -0.261. The van der Waals surface area contributed by atoms with Gasteiger partial charge in [-0.1, -0.05) is 41.5 Å². The third-order valence-electron chi connectivity index (χ3n) is 4.62. The van der Waals surface area contributed by atoms with Gasteiger partial charge in [0, 0.05) is 5.75 Å². The first-order valence-electron chi connectivity index (χ1n) is 8.86. The number of amides is 2. The second kappa shape index (κ2) is 7.71. The average molecular weight is 381 g/mol. The predicted octanol–water partition coefficient (Wildman–Crippen LogP) is 3.93. The van der Waals surface area contributed by atoms with E-state index in [0.717, 1.165) is 27.8 Å². The third kappa shape index (κ3) is 3.57. The maximum absolute atomic E-state index is 13.3. The molecular weight excluding hydrogens is 358 g/mol. The summed E-state index contributed by atoms with van der Waals surface area (Å²) in [6.07, 6.45) is 0. The van der Waals surface area contributed by atoms with Gasteiger partial charge >= 0.3 is 0 Å². The van der Waals surface area contributed by atoms with Crippen molar-refractivity contribution in [3.63, 3.8) is 0 Å². The van der Waals surface area contributed by atoms with Gasteiger partial charge in [-0.15, -0.1) is 11.8 Å². The number of thioether (sulfide) groups is 1. The first-order chi connectivity index (χ1) is 12.8. The highest BCUT2D eigenvalue weighted by atomic mass is 32.2. The number of aliphatic hydroxyl groups excluding tert-OH is 1. The molecule has 2 aromatic rings. The van der Waals surface area contributed by atoms with Crippen LogP contribution in [-0.4, -0.2) is 29.3 Å². The molecule has 0 spiro atoms. The molecule has 0 bridgehead atoms. The normalized spacial score (nSPS) is 14.5. The van der Waals surface area contributed by atoms with E-state index >= 15 is 0 Å². The van der Waals surface area contributed by atoms with E-state index in [2.05, 4.69) is 0 Å². The van der Waals surface area contributed by atoms with Gasteiger partial charge in [-0.05, 0) is 50.5 Å². The molecule has 4 nitrogen and oxygen atoms in total. The van der Waals surface area contributed by atoms with Gasteiger partial charge in [-0.3, -0.25) is 9.59 Å². The summed E-state index contributed by atoms with van der Waals surface area (Å²) in [7, 11) is 0. The smallest absolute Gasteiger partial charge is 0.272 e. The van der Waals surface area contributed by atoms with Crippen LogP contribution in [0, 0.1) is 27.7 Å². The number of rotatable bonds is 5. The zero-order chi connectivity index (χ0) is 19.7. The van der Waals surface area contributed by atoms with E-state index in [1.807, 2.05) is 64.1 Å². The predicted molar refractivity (Wildman–Crippen MR) is 111 cm³/mol. The maximum atomic E-state index is 13.3. The number of aryl methyl sites for hydroxylation is 4. The molecule has 3 rings (SSSR count). The summed E-state index contributed by atoms with van der Waals surface area (Å²) in [6, 6.07) is 11.5. The topological polar surface area (TPSA) is 57.6 Å². The van der Waals surface area contributed by atoms with Crippen LogP contribution in [0.25, 0.3) is 5.57 Å².